The van der Waals surface area contributed by atoms with Gasteiger partial charge in [0.15, 0.2) is 0 Å². The minimum absolute atomic E-state index is 0.294. The van der Waals surface area contributed by atoms with Gasteiger partial charge in [0.2, 0.25) is 0 Å². The predicted octanol–water partition coefficient (Wildman–Crippen LogP) is 5.97. The molecule has 0 aliphatic rings. The maximum Gasteiger partial charge on any atom is 0.129 e. The molecule has 31 heavy (non-hydrogen) atoms. The van der Waals surface area contributed by atoms with Gasteiger partial charge < -0.3 is 9.30 Å². The third kappa shape index (κ3) is 4.78. The molecule has 0 fully saturated rings. The number of rotatable bonds is 6. The fraction of sp³-hybridized carbons (Fsp3) is 0.125. The van der Waals surface area contributed by atoms with E-state index >= 15 is 0 Å². The quantitative estimate of drug-likeness (QED) is 0.341. The molecule has 2 aromatic heterocycles. The van der Waals surface area contributed by atoms with Crippen LogP contribution in [0.25, 0.3) is 11.3 Å². The summed E-state index contributed by atoms with van der Waals surface area (Å²) in [5.74, 6) is 0. The van der Waals surface area contributed by atoms with Gasteiger partial charge in [0, 0.05) is 23.2 Å². The van der Waals surface area contributed by atoms with Crippen LogP contribution in [-0.2, 0) is 18.4 Å². The summed E-state index contributed by atoms with van der Waals surface area (Å²) in [6.07, 6.45) is 3.14. The van der Waals surface area contributed by atoms with Crippen molar-refractivity contribution < 1.29 is 4.74 Å². The van der Waals surface area contributed by atoms with Crippen LogP contribution < -0.4 is 0 Å². The van der Waals surface area contributed by atoms with E-state index in [0.717, 1.165) is 28.1 Å². The molecule has 5 nitrogen and oxygen atoms in total. The molecule has 0 saturated carbocycles. The van der Waals surface area contributed by atoms with Crippen LogP contribution in [0.15, 0.2) is 73.2 Å². The van der Waals surface area contributed by atoms with Crippen LogP contribution in [-0.4, -0.2) is 14.5 Å². The monoisotopic (exact) mass is 448 g/mol. The second-order valence-electron chi connectivity index (χ2n) is 7.01. The Labute approximate surface area is 190 Å². The molecule has 0 amide bonds. The van der Waals surface area contributed by atoms with E-state index in [0.29, 0.717) is 22.3 Å². The average molecular weight is 449 g/mol. The van der Waals surface area contributed by atoms with Gasteiger partial charge in [0.25, 0.3) is 0 Å². The number of nitrogens with zero attached hydrogens (tertiary/aromatic N) is 4. The molecule has 154 valence electrons. The Morgan fingerprint density at radius 2 is 1.90 bits per heavy atom. The van der Waals surface area contributed by atoms with Crippen molar-refractivity contribution in [2.75, 3.05) is 0 Å². The number of halogens is 2. The summed E-state index contributed by atoms with van der Waals surface area (Å²) in [6, 6.07) is 20.6. The third-order valence-electron chi connectivity index (χ3n) is 4.91. The Morgan fingerprint density at radius 1 is 1.10 bits per heavy atom. The maximum absolute atomic E-state index is 9.11. The van der Waals surface area contributed by atoms with E-state index in [2.05, 4.69) is 16.0 Å². The zero-order chi connectivity index (χ0) is 21.8. The van der Waals surface area contributed by atoms with Crippen LogP contribution in [0, 0.1) is 11.3 Å². The van der Waals surface area contributed by atoms with Gasteiger partial charge >= 0.3 is 0 Å². The Bertz CT molecular complexity index is 1250. The van der Waals surface area contributed by atoms with Crippen molar-refractivity contribution in [3.63, 3.8) is 0 Å². The molecule has 4 aromatic rings. The first-order chi connectivity index (χ1) is 15.0. The van der Waals surface area contributed by atoms with Gasteiger partial charge in [0.1, 0.15) is 11.3 Å². The Balaban J connectivity index is 1.68. The molecule has 4 rings (SSSR count). The van der Waals surface area contributed by atoms with Gasteiger partial charge in [-0.3, -0.25) is 0 Å². The largest absolute Gasteiger partial charge is 0.362 e. The second kappa shape index (κ2) is 9.32. The SMILES string of the molecule is Cn1cncc1C(OCc1ccc(Cl)nc1-c1cccc(Cl)c1)c1ccc(C#N)cc1. The highest BCUT2D eigenvalue weighted by Gasteiger charge is 2.20. The van der Waals surface area contributed by atoms with E-state index in [1.54, 1.807) is 30.7 Å². The summed E-state index contributed by atoms with van der Waals surface area (Å²) < 4.78 is 8.30. The van der Waals surface area contributed by atoms with Crippen LogP contribution in [0.5, 0.6) is 0 Å². The summed E-state index contributed by atoms with van der Waals surface area (Å²) >= 11 is 12.4. The normalized spacial score (nSPS) is 11.8. The van der Waals surface area contributed by atoms with Crippen molar-refractivity contribution in [1.82, 2.24) is 14.5 Å². The van der Waals surface area contributed by atoms with Gasteiger partial charge in [-0.15, -0.1) is 0 Å². The molecule has 0 aliphatic carbocycles. The van der Waals surface area contributed by atoms with Crippen LogP contribution in [0.2, 0.25) is 10.2 Å². The summed E-state index contributed by atoms with van der Waals surface area (Å²) in [5, 5.41) is 10.1. The lowest BCUT2D eigenvalue weighted by Crippen LogP contribution is -2.11. The molecule has 7 heteroatoms. The molecule has 0 aliphatic heterocycles. The summed E-state index contributed by atoms with van der Waals surface area (Å²) in [4.78, 5) is 8.74. The summed E-state index contributed by atoms with van der Waals surface area (Å²) in [7, 11) is 1.92. The van der Waals surface area contributed by atoms with Gasteiger partial charge in [-0.25, -0.2) is 9.97 Å². The van der Waals surface area contributed by atoms with Crippen molar-refractivity contribution in [2.45, 2.75) is 12.7 Å². The molecule has 0 saturated heterocycles. The number of pyridine rings is 1. The third-order valence-corrected chi connectivity index (χ3v) is 5.36. The van der Waals surface area contributed by atoms with Crippen molar-refractivity contribution in [3.8, 4) is 17.3 Å². The minimum Gasteiger partial charge on any atom is -0.362 e. The molecule has 0 radical (unpaired) electrons. The number of ether oxygens (including phenoxy) is 1. The van der Waals surface area contributed by atoms with Crippen molar-refractivity contribution in [1.29, 1.82) is 5.26 Å². The lowest BCUT2D eigenvalue weighted by Gasteiger charge is -2.20. The number of aryl methyl sites for hydroxylation is 1. The van der Waals surface area contributed by atoms with E-state index in [9.17, 15) is 0 Å². The molecule has 0 N–H and O–H groups in total. The van der Waals surface area contributed by atoms with Gasteiger partial charge in [-0.05, 0) is 35.9 Å². The topological polar surface area (TPSA) is 63.7 Å². The molecular formula is C24H18Cl2N4O. The molecule has 1 unspecified atom stereocenters. The number of hydrogen-bond acceptors (Lipinski definition) is 4. The fourth-order valence-electron chi connectivity index (χ4n) is 3.34. The smallest absolute Gasteiger partial charge is 0.129 e. The number of benzene rings is 2. The van der Waals surface area contributed by atoms with E-state index in [-0.39, 0.29) is 6.10 Å². The van der Waals surface area contributed by atoms with Gasteiger partial charge in [0.05, 0.1) is 42.2 Å². The fourth-order valence-corrected chi connectivity index (χ4v) is 3.68. The Kier molecular flexibility index (Phi) is 6.34. The Morgan fingerprint density at radius 3 is 2.58 bits per heavy atom. The van der Waals surface area contributed by atoms with E-state index in [4.69, 9.17) is 33.2 Å². The lowest BCUT2D eigenvalue weighted by atomic mass is 10.0. The molecule has 0 bridgehead atoms. The van der Waals surface area contributed by atoms with Crippen molar-refractivity contribution >= 4 is 23.2 Å². The van der Waals surface area contributed by atoms with Gasteiger partial charge in [-0.2, -0.15) is 5.26 Å². The number of nitriles is 1. The number of imidazole rings is 1. The molecule has 2 heterocycles. The summed E-state index contributed by atoms with van der Waals surface area (Å²) in [5.41, 5.74) is 4.89. The van der Waals surface area contributed by atoms with Crippen molar-refractivity contribution in [3.05, 3.63) is 106 Å². The first-order valence-electron chi connectivity index (χ1n) is 9.54. The molecule has 0 spiro atoms. The Hall–Kier alpha value is -3.17. The molecular weight excluding hydrogens is 431 g/mol. The van der Waals surface area contributed by atoms with E-state index in [1.165, 1.54) is 0 Å². The highest BCUT2D eigenvalue weighted by Crippen LogP contribution is 2.31. The van der Waals surface area contributed by atoms with Crippen LogP contribution in [0.4, 0.5) is 0 Å². The zero-order valence-electron chi connectivity index (χ0n) is 16.7. The molecule has 2 aromatic carbocycles. The van der Waals surface area contributed by atoms with E-state index < -0.39 is 0 Å². The predicted molar refractivity (Wildman–Crippen MR) is 121 cm³/mol. The summed E-state index contributed by atoms with van der Waals surface area (Å²) in [6.45, 7) is 0.294. The zero-order valence-corrected chi connectivity index (χ0v) is 18.2. The standard InChI is InChI=1S/C24H18Cl2N4O/c1-30-15-28-13-21(30)24(17-7-5-16(12-27)6-8-17)31-14-19-9-10-22(26)29-23(19)18-3-2-4-20(25)11-18/h2-11,13,15,24H,14H2,1H3. The maximum atomic E-state index is 9.11. The highest BCUT2D eigenvalue weighted by molar-refractivity contribution is 6.31. The lowest BCUT2D eigenvalue weighted by molar-refractivity contribution is 0.0623. The minimum atomic E-state index is -0.372. The van der Waals surface area contributed by atoms with Gasteiger partial charge in [-0.1, -0.05) is 53.5 Å². The number of hydrogen-bond donors (Lipinski definition) is 0. The average Bonchev–Trinajstić information content (AvgIpc) is 3.21. The van der Waals surface area contributed by atoms with Crippen LogP contribution in [0.1, 0.15) is 28.5 Å². The van der Waals surface area contributed by atoms with Crippen LogP contribution in [0.3, 0.4) is 0 Å². The first kappa shape index (κ1) is 21.1. The molecule has 1 atom stereocenters. The highest BCUT2D eigenvalue weighted by atomic mass is 35.5. The van der Waals surface area contributed by atoms with E-state index in [1.807, 2.05) is 54.1 Å². The van der Waals surface area contributed by atoms with Crippen molar-refractivity contribution in [2.24, 2.45) is 7.05 Å². The second-order valence-corrected chi connectivity index (χ2v) is 7.83. The number of aromatic nitrogens is 3. The van der Waals surface area contributed by atoms with Crippen LogP contribution >= 0.6 is 23.2 Å². The first-order valence-corrected chi connectivity index (χ1v) is 10.3.